The van der Waals surface area contributed by atoms with E-state index in [2.05, 4.69) is 37.0 Å². The Morgan fingerprint density at radius 3 is 2.63 bits per heavy atom. The van der Waals surface area contributed by atoms with Crippen molar-refractivity contribution >= 4 is 0 Å². The van der Waals surface area contributed by atoms with Gasteiger partial charge in [0.1, 0.15) is 6.10 Å². The van der Waals surface area contributed by atoms with Gasteiger partial charge in [-0.15, -0.1) is 0 Å². The van der Waals surface area contributed by atoms with Gasteiger partial charge in [0.05, 0.1) is 6.07 Å². The standard InChI is InChI=1S/C14H23N3O2/c1-6-18-11(14(3,4)5)12-16-13(19-17-12)10(2)8-7-9-15/h10-11H,6-8H2,1-5H3. The second-order valence-electron chi connectivity index (χ2n) is 5.79. The van der Waals surface area contributed by atoms with Gasteiger partial charge in [-0.2, -0.15) is 10.2 Å². The molecule has 0 N–H and O–H groups in total. The van der Waals surface area contributed by atoms with E-state index < -0.39 is 0 Å². The van der Waals surface area contributed by atoms with E-state index in [-0.39, 0.29) is 17.4 Å². The molecule has 1 aromatic heterocycles. The lowest BCUT2D eigenvalue weighted by Crippen LogP contribution is -2.22. The lowest BCUT2D eigenvalue weighted by molar-refractivity contribution is -0.0203. The van der Waals surface area contributed by atoms with Crippen LogP contribution in [0.3, 0.4) is 0 Å². The zero-order chi connectivity index (χ0) is 14.5. The Labute approximate surface area is 115 Å². The van der Waals surface area contributed by atoms with Gasteiger partial charge in [-0.05, 0) is 18.8 Å². The summed E-state index contributed by atoms with van der Waals surface area (Å²) in [6, 6.07) is 2.13. The van der Waals surface area contributed by atoms with Crippen LogP contribution in [0, 0.1) is 16.7 Å². The van der Waals surface area contributed by atoms with Crippen molar-refractivity contribution in [2.24, 2.45) is 5.41 Å². The molecule has 0 radical (unpaired) electrons. The molecule has 5 nitrogen and oxygen atoms in total. The van der Waals surface area contributed by atoms with Crippen LogP contribution in [0.4, 0.5) is 0 Å². The van der Waals surface area contributed by atoms with E-state index in [1.807, 2.05) is 13.8 Å². The zero-order valence-electron chi connectivity index (χ0n) is 12.4. The minimum atomic E-state index is -0.182. The lowest BCUT2D eigenvalue weighted by atomic mass is 9.88. The predicted molar refractivity (Wildman–Crippen MR) is 71.4 cm³/mol. The van der Waals surface area contributed by atoms with Gasteiger partial charge in [0.25, 0.3) is 0 Å². The van der Waals surface area contributed by atoms with Gasteiger partial charge in [0, 0.05) is 18.9 Å². The van der Waals surface area contributed by atoms with Crippen molar-refractivity contribution < 1.29 is 9.26 Å². The van der Waals surface area contributed by atoms with Gasteiger partial charge in [-0.3, -0.25) is 0 Å². The van der Waals surface area contributed by atoms with Crippen molar-refractivity contribution in [2.45, 2.75) is 59.5 Å². The third-order valence-electron chi connectivity index (χ3n) is 2.92. The quantitative estimate of drug-likeness (QED) is 0.785. The summed E-state index contributed by atoms with van der Waals surface area (Å²) in [7, 11) is 0. The van der Waals surface area contributed by atoms with E-state index in [0.29, 0.717) is 24.7 Å². The summed E-state index contributed by atoms with van der Waals surface area (Å²) < 4.78 is 11.0. The summed E-state index contributed by atoms with van der Waals surface area (Å²) in [6.45, 7) is 10.8. The third kappa shape index (κ3) is 4.32. The molecular formula is C14H23N3O2. The number of aromatic nitrogens is 2. The molecule has 0 bridgehead atoms. The van der Waals surface area contributed by atoms with Crippen molar-refractivity contribution in [2.75, 3.05) is 6.61 Å². The normalized spacial score (nSPS) is 14.9. The molecule has 0 spiro atoms. The Morgan fingerprint density at radius 1 is 1.42 bits per heavy atom. The largest absolute Gasteiger partial charge is 0.370 e. The third-order valence-corrected chi connectivity index (χ3v) is 2.92. The monoisotopic (exact) mass is 265 g/mol. The minimum Gasteiger partial charge on any atom is -0.370 e. The Hall–Kier alpha value is -1.41. The van der Waals surface area contributed by atoms with Gasteiger partial charge in [-0.1, -0.05) is 32.9 Å². The van der Waals surface area contributed by atoms with Crippen molar-refractivity contribution in [3.8, 4) is 6.07 Å². The van der Waals surface area contributed by atoms with Gasteiger partial charge in [-0.25, -0.2) is 0 Å². The van der Waals surface area contributed by atoms with Crippen LogP contribution in [-0.4, -0.2) is 16.7 Å². The molecule has 0 aliphatic rings. The number of nitriles is 1. The number of hydrogen-bond acceptors (Lipinski definition) is 5. The molecule has 0 aliphatic heterocycles. The molecule has 0 amide bonds. The maximum absolute atomic E-state index is 8.60. The molecule has 2 unspecified atom stereocenters. The van der Waals surface area contributed by atoms with Gasteiger partial charge in [0.2, 0.25) is 11.7 Å². The highest BCUT2D eigenvalue weighted by Gasteiger charge is 2.31. The Balaban J connectivity index is 2.84. The van der Waals surface area contributed by atoms with E-state index in [1.165, 1.54) is 0 Å². The van der Waals surface area contributed by atoms with Crippen molar-refractivity contribution in [3.63, 3.8) is 0 Å². The summed E-state index contributed by atoms with van der Waals surface area (Å²) >= 11 is 0. The Kier molecular flexibility index (Phi) is 5.49. The molecule has 0 saturated carbocycles. The molecule has 0 fully saturated rings. The first kappa shape index (κ1) is 15.6. The fourth-order valence-corrected chi connectivity index (χ4v) is 1.84. The molecule has 1 heterocycles. The van der Waals surface area contributed by atoms with E-state index in [9.17, 15) is 0 Å². The van der Waals surface area contributed by atoms with Crippen LogP contribution in [0.1, 0.15) is 71.2 Å². The van der Waals surface area contributed by atoms with Crippen LogP contribution in [0.2, 0.25) is 0 Å². The maximum Gasteiger partial charge on any atom is 0.229 e. The van der Waals surface area contributed by atoms with E-state index >= 15 is 0 Å². The first-order chi connectivity index (χ1) is 8.90. The van der Waals surface area contributed by atoms with Gasteiger partial charge >= 0.3 is 0 Å². The second-order valence-corrected chi connectivity index (χ2v) is 5.79. The molecule has 0 aromatic carbocycles. The van der Waals surface area contributed by atoms with Crippen molar-refractivity contribution in [1.29, 1.82) is 5.26 Å². The van der Waals surface area contributed by atoms with Gasteiger partial charge < -0.3 is 9.26 Å². The minimum absolute atomic E-state index is 0.0902. The number of rotatable bonds is 6. The molecule has 0 aliphatic carbocycles. The number of hydrogen-bond donors (Lipinski definition) is 0. The Bertz CT molecular complexity index is 429. The summed E-state index contributed by atoms with van der Waals surface area (Å²) in [5.41, 5.74) is -0.0902. The second kappa shape index (κ2) is 6.67. The summed E-state index contributed by atoms with van der Waals surface area (Å²) in [5.74, 6) is 1.27. The average molecular weight is 265 g/mol. The lowest BCUT2D eigenvalue weighted by Gasteiger charge is -2.27. The van der Waals surface area contributed by atoms with Crippen molar-refractivity contribution in [3.05, 3.63) is 11.7 Å². The fourth-order valence-electron chi connectivity index (χ4n) is 1.84. The summed E-state index contributed by atoms with van der Waals surface area (Å²) in [4.78, 5) is 4.44. The van der Waals surface area contributed by atoms with Crippen LogP contribution in [0.15, 0.2) is 4.52 Å². The summed E-state index contributed by atoms with van der Waals surface area (Å²) in [5, 5.41) is 12.6. The van der Waals surface area contributed by atoms with Crippen LogP contribution in [-0.2, 0) is 4.74 Å². The molecular weight excluding hydrogens is 242 g/mol. The van der Waals surface area contributed by atoms with Crippen LogP contribution >= 0.6 is 0 Å². The SMILES string of the molecule is CCOC(c1noc(C(C)CCC#N)n1)C(C)(C)C. The first-order valence-electron chi connectivity index (χ1n) is 6.72. The zero-order valence-corrected chi connectivity index (χ0v) is 12.4. The number of nitrogens with zero attached hydrogens (tertiary/aromatic N) is 3. The van der Waals surface area contributed by atoms with E-state index in [0.717, 1.165) is 6.42 Å². The highest BCUT2D eigenvalue weighted by atomic mass is 16.5. The van der Waals surface area contributed by atoms with Gasteiger partial charge in [0.15, 0.2) is 0 Å². The molecule has 106 valence electrons. The average Bonchev–Trinajstić information content (AvgIpc) is 2.80. The molecule has 2 atom stereocenters. The number of ether oxygens (including phenoxy) is 1. The molecule has 1 aromatic rings. The van der Waals surface area contributed by atoms with E-state index in [1.54, 1.807) is 0 Å². The fraction of sp³-hybridized carbons (Fsp3) is 0.786. The topological polar surface area (TPSA) is 71.9 Å². The highest BCUT2D eigenvalue weighted by Crippen LogP contribution is 2.35. The predicted octanol–water partition coefficient (Wildman–Crippen LogP) is 3.60. The van der Waals surface area contributed by atoms with E-state index in [4.69, 9.17) is 14.5 Å². The van der Waals surface area contributed by atoms with Crippen LogP contribution in [0.25, 0.3) is 0 Å². The smallest absolute Gasteiger partial charge is 0.229 e. The van der Waals surface area contributed by atoms with Crippen molar-refractivity contribution in [1.82, 2.24) is 10.1 Å². The molecule has 19 heavy (non-hydrogen) atoms. The molecule has 1 rings (SSSR count). The van der Waals surface area contributed by atoms with Crippen LogP contribution < -0.4 is 0 Å². The maximum atomic E-state index is 8.60. The molecule has 0 saturated heterocycles. The summed E-state index contributed by atoms with van der Waals surface area (Å²) in [6.07, 6.45) is 1.04. The highest BCUT2D eigenvalue weighted by molar-refractivity contribution is 4.99. The van der Waals surface area contributed by atoms with Crippen LogP contribution in [0.5, 0.6) is 0 Å². The Morgan fingerprint density at radius 2 is 2.11 bits per heavy atom. The first-order valence-corrected chi connectivity index (χ1v) is 6.72. The molecule has 5 heteroatoms.